The van der Waals surface area contributed by atoms with Crippen LogP contribution in [0.4, 0.5) is 5.69 Å². The van der Waals surface area contributed by atoms with Crippen molar-refractivity contribution in [1.29, 1.82) is 0 Å². The van der Waals surface area contributed by atoms with E-state index in [4.69, 9.17) is 16.7 Å². The summed E-state index contributed by atoms with van der Waals surface area (Å²) in [4.78, 5) is 6.34. The number of benzene rings is 1. The van der Waals surface area contributed by atoms with E-state index in [0.717, 1.165) is 16.3 Å². The number of anilines is 1. The zero-order valence-electron chi connectivity index (χ0n) is 9.64. The van der Waals surface area contributed by atoms with E-state index >= 15 is 0 Å². The van der Waals surface area contributed by atoms with Gasteiger partial charge in [-0.05, 0) is 24.3 Å². The summed E-state index contributed by atoms with van der Waals surface area (Å²) in [5, 5.41) is 9.89. The standard InChI is InChI=1S/C12H13ClN2OS/c1-15(2)9-5-3-8(4-6-9)12-14-10(7-16)11(13)17-12/h3-6,16H,7H2,1-2H3. The number of nitrogens with zero attached hydrogens (tertiary/aromatic N) is 2. The van der Waals surface area contributed by atoms with E-state index < -0.39 is 0 Å². The smallest absolute Gasteiger partial charge is 0.125 e. The van der Waals surface area contributed by atoms with Crippen LogP contribution in [-0.4, -0.2) is 24.2 Å². The van der Waals surface area contributed by atoms with Crippen LogP contribution in [0, 0.1) is 0 Å². The van der Waals surface area contributed by atoms with Gasteiger partial charge in [-0.15, -0.1) is 11.3 Å². The van der Waals surface area contributed by atoms with Crippen LogP contribution in [0.15, 0.2) is 24.3 Å². The Morgan fingerprint density at radius 3 is 2.41 bits per heavy atom. The summed E-state index contributed by atoms with van der Waals surface area (Å²) in [6.07, 6.45) is 0. The van der Waals surface area contributed by atoms with Crippen LogP contribution in [-0.2, 0) is 6.61 Å². The maximum atomic E-state index is 9.05. The Morgan fingerprint density at radius 1 is 1.29 bits per heavy atom. The molecule has 0 saturated carbocycles. The Hall–Kier alpha value is -1.10. The monoisotopic (exact) mass is 268 g/mol. The highest BCUT2D eigenvalue weighted by Gasteiger charge is 2.10. The van der Waals surface area contributed by atoms with Crippen LogP contribution < -0.4 is 4.90 Å². The predicted octanol–water partition coefficient (Wildman–Crippen LogP) is 3.02. The average Bonchev–Trinajstić information content (AvgIpc) is 2.70. The first-order chi connectivity index (χ1) is 8.11. The van der Waals surface area contributed by atoms with E-state index in [1.165, 1.54) is 11.3 Å². The normalized spacial score (nSPS) is 10.6. The minimum atomic E-state index is -0.120. The number of aromatic nitrogens is 1. The van der Waals surface area contributed by atoms with Crippen LogP contribution in [0.2, 0.25) is 4.34 Å². The molecule has 0 unspecified atom stereocenters. The maximum absolute atomic E-state index is 9.05. The van der Waals surface area contributed by atoms with Gasteiger partial charge in [-0.1, -0.05) is 11.6 Å². The van der Waals surface area contributed by atoms with Crippen LogP contribution in [0.3, 0.4) is 0 Å². The summed E-state index contributed by atoms with van der Waals surface area (Å²) in [6.45, 7) is -0.120. The van der Waals surface area contributed by atoms with Crippen molar-refractivity contribution in [2.75, 3.05) is 19.0 Å². The van der Waals surface area contributed by atoms with Crippen molar-refractivity contribution in [3.05, 3.63) is 34.3 Å². The van der Waals surface area contributed by atoms with Crippen molar-refractivity contribution in [1.82, 2.24) is 4.98 Å². The number of rotatable bonds is 3. The molecule has 3 nitrogen and oxygen atoms in total. The fourth-order valence-electron chi connectivity index (χ4n) is 1.46. The van der Waals surface area contributed by atoms with E-state index in [-0.39, 0.29) is 6.61 Å². The SMILES string of the molecule is CN(C)c1ccc(-c2nc(CO)c(Cl)s2)cc1. The minimum Gasteiger partial charge on any atom is -0.390 e. The third-order valence-electron chi connectivity index (χ3n) is 2.43. The first-order valence-corrected chi connectivity index (χ1v) is 6.35. The number of halogens is 1. The Balaban J connectivity index is 2.33. The Morgan fingerprint density at radius 2 is 1.94 bits per heavy atom. The number of aliphatic hydroxyl groups excluding tert-OH is 1. The van der Waals surface area contributed by atoms with E-state index in [1.807, 2.05) is 43.3 Å². The van der Waals surface area contributed by atoms with Crippen LogP contribution >= 0.6 is 22.9 Å². The molecule has 0 saturated heterocycles. The van der Waals surface area contributed by atoms with Gasteiger partial charge in [0.25, 0.3) is 0 Å². The fraction of sp³-hybridized carbons (Fsp3) is 0.250. The lowest BCUT2D eigenvalue weighted by molar-refractivity contribution is 0.278. The van der Waals surface area contributed by atoms with Crippen molar-refractivity contribution in [3.8, 4) is 10.6 Å². The second-order valence-corrected chi connectivity index (χ2v) is 5.44. The summed E-state index contributed by atoms with van der Waals surface area (Å²) in [6, 6.07) is 8.07. The van der Waals surface area contributed by atoms with Gasteiger partial charge in [0.15, 0.2) is 0 Å². The first-order valence-electron chi connectivity index (χ1n) is 5.15. The van der Waals surface area contributed by atoms with Crippen molar-refractivity contribution in [2.45, 2.75) is 6.61 Å². The molecule has 0 aliphatic carbocycles. The average molecular weight is 269 g/mol. The highest BCUT2D eigenvalue weighted by molar-refractivity contribution is 7.19. The Kier molecular flexibility index (Phi) is 3.66. The van der Waals surface area contributed by atoms with Gasteiger partial charge in [-0.3, -0.25) is 0 Å². The number of hydrogen-bond donors (Lipinski definition) is 1. The van der Waals surface area contributed by atoms with Gasteiger partial charge >= 0.3 is 0 Å². The summed E-state index contributed by atoms with van der Waals surface area (Å²) in [5.41, 5.74) is 2.70. The zero-order chi connectivity index (χ0) is 12.4. The molecule has 0 atom stereocenters. The quantitative estimate of drug-likeness (QED) is 0.930. The molecule has 1 N–H and O–H groups in total. The number of aliphatic hydroxyl groups is 1. The Bertz CT molecular complexity index is 508. The zero-order valence-corrected chi connectivity index (χ0v) is 11.2. The molecule has 0 amide bonds. The van der Waals surface area contributed by atoms with Crippen LogP contribution in [0.25, 0.3) is 10.6 Å². The molecule has 2 rings (SSSR count). The Labute approximate surface area is 109 Å². The molecule has 1 aromatic carbocycles. The first kappa shape index (κ1) is 12.4. The van der Waals surface area contributed by atoms with Crippen molar-refractivity contribution < 1.29 is 5.11 Å². The second kappa shape index (κ2) is 5.04. The summed E-state index contributed by atoms with van der Waals surface area (Å²) in [7, 11) is 4.00. The lowest BCUT2D eigenvalue weighted by Gasteiger charge is -2.11. The third kappa shape index (κ3) is 2.60. The lowest BCUT2D eigenvalue weighted by Crippen LogP contribution is -2.07. The molecular formula is C12H13ClN2OS. The molecule has 2 aromatic rings. The second-order valence-electron chi connectivity index (χ2n) is 3.84. The van der Waals surface area contributed by atoms with Crippen LogP contribution in [0.5, 0.6) is 0 Å². The number of hydrogen-bond acceptors (Lipinski definition) is 4. The van der Waals surface area contributed by atoms with Gasteiger partial charge in [0.1, 0.15) is 9.34 Å². The van der Waals surface area contributed by atoms with Crippen molar-refractivity contribution in [2.24, 2.45) is 0 Å². The molecule has 0 radical (unpaired) electrons. The van der Waals surface area contributed by atoms with Crippen molar-refractivity contribution in [3.63, 3.8) is 0 Å². The molecule has 0 spiro atoms. The van der Waals surface area contributed by atoms with Gasteiger partial charge in [0.05, 0.1) is 12.3 Å². The van der Waals surface area contributed by atoms with Gasteiger partial charge in [0.2, 0.25) is 0 Å². The highest BCUT2D eigenvalue weighted by atomic mass is 35.5. The summed E-state index contributed by atoms with van der Waals surface area (Å²) in [5.74, 6) is 0. The molecule has 0 fully saturated rings. The molecule has 1 heterocycles. The molecule has 1 aromatic heterocycles. The third-order valence-corrected chi connectivity index (χ3v) is 3.81. The topological polar surface area (TPSA) is 36.4 Å². The maximum Gasteiger partial charge on any atom is 0.125 e. The molecule has 0 aliphatic rings. The molecule has 0 aliphatic heterocycles. The van der Waals surface area contributed by atoms with E-state index in [9.17, 15) is 0 Å². The molecule has 5 heteroatoms. The van der Waals surface area contributed by atoms with Gasteiger partial charge in [0, 0.05) is 25.3 Å². The van der Waals surface area contributed by atoms with E-state index in [1.54, 1.807) is 0 Å². The van der Waals surface area contributed by atoms with E-state index in [0.29, 0.717) is 10.0 Å². The van der Waals surface area contributed by atoms with Gasteiger partial charge in [-0.2, -0.15) is 0 Å². The molecule has 17 heavy (non-hydrogen) atoms. The largest absolute Gasteiger partial charge is 0.390 e. The molecule has 90 valence electrons. The van der Waals surface area contributed by atoms with Gasteiger partial charge in [-0.25, -0.2) is 4.98 Å². The fourth-order valence-corrected chi connectivity index (χ4v) is 2.59. The predicted molar refractivity (Wildman–Crippen MR) is 72.8 cm³/mol. The van der Waals surface area contributed by atoms with Gasteiger partial charge < -0.3 is 10.0 Å². The van der Waals surface area contributed by atoms with E-state index in [2.05, 4.69) is 4.98 Å². The minimum absolute atomic E-state index is 0.120. The number of thiazole rings is 1. The van der Waals surface area contributed by atoms with Crippen LogP contribution in [0.1, 0.15) is 5.69 Å². The molecular weight excluding hydrogens is 256 g/mol. The molecule has 0 bridgehead atoms. The highest BCUT2D eigenvalue weighted by Crippen LogP contribution is 2.32. The lowest BCUT2D eigenvalue weighted by atomic mass is 10.2. The van der Waals surface area contributed by atoms with Crippen molar-refractivity contribution >= 4 is 28.6 Å². The summed E-state index contributed by atoms with van der Waals surface area (Å²) < 4.78 is 0.555. The summed E-state index contributed by atoms with van der Waals surface area (Å²) >= 11 is 7.35.